The number of thioether (sulfide) groups is 1. The van der Waals surface area contributed by atoms with Gasteiger partial charge in [0.1, 0.15) is 12.7 Å². The zero-order valence-corrected chi connectivity index (χ0v) is 15.1. The lowest BCUT2D eigenvalue weighted by molar-refractivity contribution is 0.107. The van der Waals surface area contributed by atoms with Crippen LogP contribution in [-0.2, 0) is 11.3 Å². The quantitative estimate of drug-likeness (QED) is 0.755. The van der Waals surface area contributed by atoms with E-state index in [0.29, 0.717) is 6.61 Å². The van der Waals surface area contributed by atoms with Crippen LogP contribution < -0.4 is 14.4 Å². The van der Waals surface area contributed by atoms with E-state index < -0.39 is 0 Å². The van der Waals surface area contributed by atoms with E-state index in [1.54, 1.807) is 11.8 Å². The van der Waals surface area contributed by atoms with Crippen molar-refractivity contribution >= 4 is 17.7 Å². The van der Waals surface area contributed by atoms with E-state index in [-0.39, 0.29) is 6.10 Å². The van der Waals surface area contributed by atoms with Crippen LogP contribution in [0.1, 0.15) is 6.92 Å². The molecule has 2 aliphatic heterocycles. The molecule has 2 aromatic rings. The smallest absolute Gasteiger partial charge is 0.228 e. The van der Waals surface area contributed by atoms with Gasteiger partial charge in [-0.2, -0.15) is 0 Å². The number of fused-ring (bicyclic) bond motifs is 1. The second-order valence-corrected chi connectivity index (χ2v) is 6.92. The maximum Gasteiger partial charge on any atom is 0.228 e. The summed E-state index contributed by atoms with van der Waals surface area (Å²) in [7, 11) is 0. The highest BCUT2D eigenvalue weighted by Gasteiger charge is 2.24. The van der Waals surface area contributed by atoms with Gasteiger partial charge in [-0.25, -0.2) is 0 Å². The average Bonchev–Trinajstić information content (AvgIpc) is 3.10. The summed E-state index contributed by atoms with van der Waals surface area (Å²) in [6.45, 7) is 6.72. The number of morpholine rings is 1. The van der Waals surface area contributed by atoms with Gasteiger partial charge in [0.15, 0.2) is 16.7 Å². The van der Waals surface area contributed by atoms with E-state index in [4.69, 9.17) is 14.2 Å². The van der Waals surface area contributed by atoms with Gasteiger partial charge in [-0.3, -0.25) is 4.57 Å². The highest BCUT2D eigenvalue weighted by molar-refractivity contribution is 7.99. The van der Waals surface area contributed by atoms with Crippen molar-refractivity contribution in [1.29, 1.82) is 0 Å². The van der Waals surface area contributed by atoms with E-state index in [1.165, 1.54) is 0 Å². The zero-order valence-electron chi connectivity index (χ0n) is 14.3. The van der Waals surface area contributed by atoms with E-state index in [1.807, 2.05) is 24.3 Å². The predicted octanol–water partition coefficient (Wildman–Crippen LogP) is 2.07. The Balaban J connectivity index is 1.41. The molecule has 2 aliphatic rings. The molecule has 134 valence electrons. The summed E-state index contributed by atoms with van der Waals surface area (Å²) in [6.07, 6.45) is 0.00810. The molecule has 7 nitrogen and oxygen atoms in total. The number of rotatable bonds is 5. The van der Waals surface area contributed by atoms with Crippen LogP contribution >= 0.6 is 11.8 Å². The molecule has 1 fully saturated rings. The van der Waals surface area contributed by atoms with Crippen LogP contribution in [0.2, 0.25) is 0 Å². The van der Waals surface area contributed by atoms with Crippen LogP contribution in [0.3, 0.4) is 0 Å². The van der Waals surface area contributed by atoms with Crippen LogP contribution in [0.4, 0.5) is 5.95 Å². The lowest BCUT2D eigenvalue weighted by Gasteiger charge is -2.28. The topological polar surface area (TPSA) is 61.6 Å². The van der Waals surface area contributed by atoms with Crippen LogP contribution in [0.25, 0.3) is 0 Å². The number of nitrogens with zero attached hydrogens (tertiary/aromatic N) is 4. The minimum Gasteiger partial charge on any atom is -0.486 e. The summed E-state index contributed by atoms with van der Waals surface area (Å²) in [4.78, 5) is 2.24. The van der Waals surface area contributed by atoms with Gasteiger partial charge in [-0.05, 0) is 19.1 Å². The third-order valence-corrected chi connectivity index (χ3v) is 5.37. The first-order chi connectivity index (χ1) is 12.3. The van der Waals surface area contributed by atoms with E-state index in [9.17, 15) is 0 Å². The van der Waals surface area contributed by atoms with E-state index >= 15 is 0 Å². The molecule has 0 spiro atoms. The number of anilines is 1. The average molecular weight is 362 g/mol. The van der Waals surface area contributed by atoms with Gasteiger partial charge in [0, 0.05) is 25.4 Å². The van der Waals surface area contributed by atoms with E-state index in [2.05, 4.69) is 26.6 Å². The zero-order chi connectivity index (χ0) is 17.1. The fraction of sp³-hybridized carbons (Fsp3) is 0.529. The summed E-state index contributed by atoms with van der Waals surface area (Å²) >= 11 is 1.66. The number of para-hydroxylation sites is 2. The minimum absolute atomic E-state index is 0.00810. The van der Waals surface area contributed by atoms with E-state index in [0.717, 1.165) is 61.2 Å². The molecule has 1 atom stereocenters. The SMILES string of the molecule is CCn1c(SC[C@@H]2COc3ccccc3O2)nnc1N1CCOCC1. The van der Waals surface area contributed by atoms with Crippen molar-refractivity contribution in [2.24, 2.45) is 0 Å². The normalized spacial score (nSPS) is 19.9. The fourth-order valence-corrected chi connectivity index (χ4v) is 3.94. The van der Waals surface area contributed by atoms with Crippen molar-refractivity contribution < 1.29 is 14.2 Å². The van der Waals surface area contributed by atoms with Crippen LogP contribution in [0.5, 0.6) is 11.5 Å². The second-order valence-electron chi connectivity index (χ2n) is 5.93. The van der Waals surface area contributed by atoms with Crippen molar-refractivity contribution in [1.82, 2.24) is 14.8 Å². The summed E-state index contributed by atoms with van der Waals surface area (Å²) in [5.41, 5.74) is 0. The second kappa shape index (κ2) is 7.53. The first-order valence-corrected chi connectivity index (χ1v) is 9.61. The van der Waals surface area contributed by atoms with Crippen molar-refractivity contribution in [2.45, 2.75) is 24.7 Å². The minimum atomic E-state index is 0.00810. The summed E-state index contributed by atoms with van der Waals surface area (Å²) in [5, 5.41) is 9.71. The number of aromatic nitrogens is 3. The number of hydrogen-bond acceptors (Lipinski definition) is 7. The molecule has 0 aliphatic carbocycles. The first-order valence-electron chi connectivity index (χ1n) is 8.62. The maximum atomic E-state index is 6.02. The fourth-order valence-electron chi connectivity index (χ4n) is 2.97. The van der Waals surface area contributed by atoms with Crippen molar-refractivity contribution in [3.05, 3.63) is 24.3 Å². The van der Waals surface area contributed by atoms with Gasteiger partial charge in [0.2, 0.25) is 5.95 Å². The standard InChI is InChI=1S/C17H22N4O3S/c1-2-21-16(20-7-9-22-10-8-20)18-19-17(21)25-12-13-11-23-14-5-3-4-6-15(14)24-13/h3-6,13H,2,7-12H2,1H3/t13-/m0/s1. The van der Waals surface area contributed by atoms with Gasteiger partial charge >= 0.3 is 0 Å². The number of hydrogen-bond donors (Lipinski definition) is 0. The Morgan fingerprint density at radius 1 is 1.16 bits per heavy atom. The Morgan fingerprint density at radius 3 is 2.76 bits per heavy atom. The lowest BCUT2D eigenvalue weighted by atomic mass is 10.3. The molecular weight excluding hydrogens is 340 g/mol. The monoisotopic (exact) mass is 362 g/mol. The molecule has 4 rings (SSSR count). The summed E-state index contributed by atoms with van der Waals surface area (Å²) in [6, 6.07) is 7.78. The van der Waals surface area contributed by atoms with Gasteiger partial charge in [-0.1, -0.05) is 23.9 Å². The molecule has 8 heteroatoms. The van der Waals surface area contributed by atoms with Crippen molar-refractivity contribution in [3.63, 3.8) is 0 Å². The van der Waals surface area contributed by atoms with Crippen molar-refractivity contribution in [3.8, 4) is 11.5 Å². The molecule has 3 heterocycles. The number of benzene rings is 1. The molecule has 0 bridgehead atoms. The lowest BCUT2D eigenvalue weighted by Crippen LogP contribution is -2.38. The van der Waals surface area contributed by atoms with Gasteiger partial charge in [0.25, 0.3) is 0 Å². The molecule has 1 saturated heterocycles. The van der Waals surface area contributed by atoms with Gasteiger partial charge in [-0.15, -0.1) is 10.2 Å². The highest BCUT2D eigenvalue weighted by Crippen LogP contribution is 2.32. The Bertz CT molecular complexity index is 718. The molecule has 0 radical (unpaired) electrons. The van der Waals surface area contributed by atoms with Crippen LogP contribution in [0.15, 0.2) is 29.4 Å². The third-order valence-electron chi connectivity index (χ3n) is 4.27. The van der Waals surface area contributed by atoms with Gasteiger partial charge in [0.05, 0.1) is 13.2 Å². The molecule has 0 unspecified atom stereocenters. The molecule has 1 aromatic heterocycles. The third kappa shape index (κ3) is 3.55. The maximum absolute atomic E-state index is 6.02. The van der Waals surface area contributed by atoms with Crippen LogP contribution in [-0.4, -0.2) is 59.5 Å². The highest BCUT2D eigenvalue weighted by atomic mass is 32.2. The molecule has 0 amide bonds. The van der Waals surface area contributed by atoms with Crippen LogP contribution in [0, 0.1) is 0 Å². The first kappa shape index (κ1) is 16.5. The molecule has 0 saturated carbocycles. The molecule has 25 heavy (non-hydrogen) atoms. The molecule has 0 N–H and O–H groups in total. The summed E-state index contributed by atoms with van der Waals surface area (Å²) in [5.74, 6) is 3.33. The predicted molar refractivity (Wildman–Crippen MR) is 95.8 cm³/mol. The number of ether oxygens (including phenoxy) is 3. The Labute approximate surface area is 151 Å². The largest absolute Gasteiger partial charge is 0.486 e. The van der Waals surface area contributed by atoms with Crippen molar-refractivity contribution in [2.75, 3.05) is 43.6 Å². The van der Waals surface area contributed by atoms with Gasteiger partial charge < -0.3 is 19.1 Å². The molecular formula is C17H22N4O3S. The Kier molecular flexibility index (Phi) is 4.98. The summed E-state index contributed by atoms with van der Waals surface area (Å²) < 4.78 is 19.4. The Hall–Kier alpha value is -1.93. The Morgan fingerprint density at radius 2 is 1.96 bits per heavy atom. The molecule has 1 aromatic carbocycles.